The van der Waals surface area contributed by atoms with Crippen LogP contribution in [0.2, 0.25) is 5.02 Å². The Labute approximate surface area is 173 Å². The lowest BCUT2D eigenvalue weighted by atomic mass is 9.99. The van der Waals surface area contributed by atoms with Crippen LogP contribution < -0.4 is 5.32 Å². The fraction of sp³-hybridized carbons (Fsp3) is 0.280. The highest BCUT2D eigenvalue weighted by molar-refractivity contribution is 6.30. The molecule has 0 radical (unpaired) electrons. The molecule has 144 valence electrons. The third-order valence-corrected chi connectivity index (χ3v) is 5.77. The Bertz CT molecular complexity index is 906. The number of aryl methyl sites for hydroxylation is 1. The molecule has 1 aliphatic rings. The van der Waals surface area contributed by atoms with Crippen LogP contribution in [0.1, 0.15) is 16.7 Å². The fourth-order valence-electron chi connectivity index (χ4n) is 4.03. The maximum absolute atomic E-state index is 6.19. The zero-order chi connectivity index (χ0) is 19.3. The number of hydrogen-bond donors (Lipinski definition) is 1. The maximum Gasteiger partial charge on any atom is 0.0412 e. The smallest absolute Gasteiger partial charge is 0.0412 e. The molecule has 1 saturated heterocycles. The van der Waals surface area contributed by atoms with E-state index >= 15 is 0 Å². The van der Waals surface area contributed by atoms with Crippen LogP contribution in [-0.4, -0.2) is 30.6 Å². The number of halogens is 1. The van der Waals surface area contributed by atoms with Crippen LogP contribution in [0.25, 0.3) is 11.1 Å². The topological polar surface area (TPSA) is 15.3 Å². The summed E-state index contributed by atoms with van der Waals surface area (Å²) < 4.78 is 0. The van der Waals surface area contributed by atoms with Gasteiger partial charge in [0.25, 0.3) is 0 Å². The molecule has 0 aromatic heterocycles. The zero-order valence-electron chi connectivity index (χ0n) is 16.4. The Kier molecular flexibility index (Phi) is 6.11. The van der Waals surface area contributed by atoms with E-state index in [1.165, 1.54) is 27.8 Å². The minimum Gasteiger partial charge on any atom is -0.311 e. The predicted molar refractivity (Wildman–Crippen MR) is 119 cm³/mol. The molecule has 0 saturated carbocycles. The molecule has 0 unspecified atom stereocenters. The molecule has 28 heavy (non-hydrogen) atoms. The number of hydrogen-bond acceptors (Lipinski definition) is 2. The molecule has 0 spiro atoms. The Hall–Kier alpha value is -2.13. The number of nitrogens with zero attached hydrogens (tertiary/aromatic N) is 1. The number of rotatable bonds is 5. The highest BCUT2D eigenvalue weighted by Crippen LogP contribution is 2.27. The maximum atomic E-state index is 6.19. The highest BCUT2D eigenvalue weighted by Gasteiger charge is 2.19. The normalized spacial score (nSPS) is 17.6. The first kappa shape index (κ1) is 19.2. The van der Waals surface area contributed by atoms with E-state index in [0.717, 1.165) is 37.6 Å². The summed E-state index contributed by atoms with van der Waals surface area (Å²) in [6, 6.07) is 26.3. The van der Waals surface area contributed by atoms with Crippen molar-refractivity contribution < 1.29 is 0 Å². The van der Waals surface area contributed by atoms with Crippen molar-refractivity contribution in [1.29, 1.82) is 0 Å². The van der Waals surface area contributed by atoms with Crippen molar-refractivity contribution in [1.82, 2.24) is 10.2 Å². The van der Waals surface area contributed by atoms with Crippen LogP contribution in [0.5, 0.6) is 0 Å². The molecule has 4 rings (SSSR count). The number of nitrogens with one attached hydrogen (secondary N) is 1. The Morgan fingerprint density at radius 2 is 1.75 bits per heavy atom. The van der Waals surface area contributed by atoms with Crippen molar-refractivity contribution in [2.45, 2.75) is 25.9 Å². The number of benzene rings is 3. The predicted octanol–water partition coefficient (Wildman–Crippen LogP) is 5.33. The van der Waals surface area contributed by atoms with Crippen LogP contribution in [0.4, 0.5) is 0 Å². The van der Waals surface area contributed by atoms with Crippen molar-refractivity contribution in [3.63, 3.8) is 0 Å². The Balaban J connectivity index is 1.39. The van der Waals surface area contributed by atoms with E-state index in [-0.39, 0.29) is 0 Å². The molecule has 3 aromatic rings. The molecule has 0 aliphatic carbocycles. The van der Waals surface area contributed by atoms with Gasteiger partial charge in [-0.1, -0.05) is 72.3 Å². The average molecular weight is 391 g/mol. The summed E-state index contributed by atoms with van der Waals surface area (Å²) in [7, 11) is 0. The minimum absolute atomic E-state index is 0.518. The van der Waals surface area contributed by atoms with Gasteiger partial charge in [-0.25, -0.2) is 0 Å². The van der Waals surface area contributed by atoms with E-state index in [4.69, 9.17) is 11.6 Å². The Morgan fingerprint density at radius 3 is 2.54 bits per heavy atom. The summed E-state index contributed by atoms with van der Waals surface area (Å²) in [5.41, 5.74) is 6.46. The van der Waals surface area contributed by atoms with Crippen LogP contribution >= 0.6 is 11.6 Å². The molecule has 3 heteroatoms. The van der Waals surface area contributed by atoms with Crippen molar-refractivity contribution >= 4 is 11.6 Å². The highest BCUT2D eigenvalue weighted by atomic mass is 35.5. The fourth-order valence-corrected chi connectivity index (χ4v) is 4.20. The Morgan fingerprint density at radius 1 is 0.964 bits per heavy atom. The molecule has 3 aromatic carbocycles. The largest absolute Gasteiger partial charge is 0.311 e. The lowest BCUT2D eigenvalue weighted by molar-refractivity contribution is 0.192. The van der Waals surface area contributed by atoms with Crippen LogP contribution in [-0.2, 0) is 13.0 Å². The molecule has 0 bridgehead atoms. The van der Waals surface area contributed by atoms with Gasteiger partial charge in [-0.15, -0.1) is 0 Å². The molecule has 1 N–H and O–H groups in total. The third-order valence-electron chi connectivity index (χ3n) is 5.54. The van der Waals surface area contributed by atoms with Gasteiger partial charge < -0.3 is 5.32 Å². The van der Waals surface area contributed by atoms with E-state index < -0.39 is 0 Å². The first-order chi connectivity index (χ1) is 13.7. The molecule has 0 amide bonds. The van der Waals surface area contributed by atoms with Gasteiger partial charge in [-0.05, 0) is 53.3 Å². The van der Waals surface area contributed by atoms with E-state index in [1.54, 1.807) is 0 Å². The molecular formula is C25H27ClN2. The first-order valence-corrected chi connectivity index (χ1v) is 10.4. The quantitative estimate of drug-likeness (QED) is 0.633. The molecule has 1 aliphatic heterocycles. The van der Waals surface area contributed by atoms with Crippen molar-refractivity contribution in [2.24, 2.45) is 0 Å². The molecule has 1 fully saturated rings. The number of piperazine rings is 1. The van der Waals surface area contributed by atoms with Crippen molar-refractivity contribution in [2.75, 3.05) is 19.6 Å². The van der Waals surface area contributed by atoms with Gasteiger partial charge in [0.1, 0.15) is 0 Å². The summed E-state index contributed by atoms with van der Waals surface area (Å²) in [6.07, 6.45) is 1.09. The lowest BCUT2D eigenvalue weighted by Gasteiger charge is -2.34. The molecule has 1 heterocycles. The van der Waals surface area contributed by atoms with Gasteiger partial charge in [-0.2, -0.15) is 0 Å². The van der Waals surface area contributed by atoms with Crippen molar-refractivity contribution in [3.05, 3.63) is 94.5 Å². The van der Waals surface area contributed by atoms with Crippen LogP contribution in [0.15, 0.2) is 72.8 Å². The molecule has 2 nitrogen and oxygen atoms in total. The third kappa shape index (κ3) is 4.82. The van der Waals surface area contributed by atoms with Crippen molar-refractivity contribution in [3.8, 4) is 11.1 Å². The summed E-state index contributed by atoms with van der Waals surface area (Å²) in [4.78, 5) is 2.56. The van der Waals surface area contributed by atoms with E-state index in [0.29, 0.717) is 6.04 Å². The first-order valence-electron chi connectivity index (χ1n) is 10.0. The van der Waals surface area contributed by atoms with Gasteiger partial charge in [0.15, 0.2) is 0 Å². The second-order valence-electron chi connectivity index (χ2n) is 7.73. The second kappa shape index (κ2) is 8.91. The zero-order valence-corrected chi connectivity index (χ0v) is 17.1. The monoisotopic (exact) mass is 390 g/mol. The average Bonchev–Trinajstić information content (AvgIpc) is 2.72. The summed E-state index contributed by atoms with van der Waals surface area (Å²) >= 11 is 6.19. The van der Waals surface area contributed by atoms with Gasteiger partial charge >= 0.3 is 0 Å². The minimum atomic E-state index is 0.518. The van der Waals surface area contributed by atoms with Gasteiger partial charge in [0.05, 0.1) is 0 Å². The summed E-state index contributed by atoms with van der Waals surface area (Å²) in [6.45, 7) is 6.37. The summed E-state index contributed by atoms with van der Waals surface area (Å²) in [5.74, 6) is 0. The van der Waals surface area contributed by atoms with Gasteiger partial charge in [-0.3, -0.25) is 4.90 Å². The van der Waals surface area contributed by atoms with Crippen LogP contribution in [0, 0.1) is 6.92 Å². The summed E-state index contributed by atoms with van der Waals surface area (Å²) in [5, 5.41) is 4.46. The standard InChI is InChI=1S/C25H27ClN2/c1-19-7-12-23(26)16-25(19)22-10-8-21(9-11-22)17-28-14-13-27-24(18-28)15-20-5-3-2-4-6-20/h2-12,16,24,27H,13-15,17-18H2,1H3/t24-/m0/s1. The van der Waals surface area contributed by atoms with E-state index in [9.17, 15) is 0 Å². The van der Waals surface area contributed by atoms with E-state index in [1.807, 2.05) is 6.07 Å². The molecular weight excluding hydrogens is 364 g/mol. The van der Waals surface area contributed by atoms with Gasteiger partial charge in [0.2, 0.25) is 0 Å². The SMILES string of the molecule is Cc1ccc(Cl)cc1-c1ccc(CN2CCN[C@@H](Cc3ccccc3)C2)cc1. The second-order valence-corrected chi connectivity index (χ2v) is 8.17. The van der Waals surface area contributed by atoms with Crippen LogP contribution in [0.3, 0.4) is 0 Å². The van der Waals surface area contributed by atoms with E-state index in [2.05, 4.69) is 83.9 Å². The lowest BCUT2D eigenvalue weighted by Crippen LogP contribution is -2.51. The molecule has 1 atom stereocenters. The van der Waals surface area contributed by atoms with Gasteiger partial charge in [0, 0.05) is 37.2 Å².